The number of hydrogen-bond donors (Lipinski definition) is 1. The number of rotatable bonds is 5. The molecule has 1 N–H and O–H groups in total. The van der Waals surface area contributed by atoms with E-state index in [9.17, 15) is 13.2 Å². The first-order valence-corrected chi connectivity index (χ1v) is 11.3. The normalized spacial score (nSPS) is 17.5. The lowest BCUT2D eigenvalue weighted by atomic mass is 10.1. The molecule has 0 saturated heterocycles. The molecule has 1 aliphatic rings. The highest BCUT2D eigenvalue weighted by atomic mass is 35.5. The maximum atomic E-state index is 12.8. The minimum absolute atomic E-state index is 0.112. The van der Waals surface area contributed by atoms with Crippen molar-refractivity contribution in [2.24, 2.45) is 0 Å². The highest BCUT2D eigenvalue weighted by Gasteiger charge is 2.32. The molecule has 2 atom stereocenters. The van der Waals surface area contributed by atoms with Crippen LogP contribution in [0.1, 0.15) is 24.9 Å². The van der Waals surface area contributed by atoms with Gasteiger partial charge in [-0.25, -0.2) is 8.42 Å². The zero-order valence-corrected chi connectivity index (χ0v) is 18.0. The van der Waals surface area contributed by atoms with Crippen LogP contribution in [0.15, 0.2) is 42.5 Å². The van der Waals surface area contributed by atoms with Crippen LogP contribution < -0.4 is 19.1 Å². The predicted octanol–water partition coefficient (Wildman–Crippen LogP) is 3.14. The second-order valence-electron chi connectivity index (χ2n) is 6.85. The fourth-order valence-corrected chi connectivity index (χ4v) is 4.27. The zero-order valence-electron chi connectivity index (χ0n) is 16.4. The summed E-state index contributed by atoms with van der Waals surface area (Å²) >= 11 is 6.04. The quantitative estimate of drug-likeness (QED) is 0.775. The number of ether oxygens (including phenoxy) is 2. The number of hydrogen-bond acceptors (Lipinski definition) is 5. The Morgan fingerprint density at radius 2 is 1.97 bits per heavy atom. The molecule has 0 fully saturated rings. The van der Waals surface area contributed by atoms with Crippen LogP contribution >= 0.6 is 11.6 Å². The Labute approximate surface area is 175 Å². The van der Waals surface area contributed by atoms with Crippen LogP contribution in [0.4, 0.5) is 5.69 Å². The summed E-state index contributed by atoms with van der Waals surface area (Å²) < 4.78 is 36.7. The van der Waals surface area contributed by atoms with E-state index < -0.39 is 16.1 Å². The second-order valence-corrected chi connectivity index (χ2v) is 9.19. The summed E-state index contributed by atoms with van der Waals surface area (Å²) in [6.07, 6.45) is 0.493. The van der Waals surface area contributed by atoms with E-state index in [-0.39, 0.29) is 24.9 Å². The van der Waals surface area contributed by atoms with E-state index in [0.717, 1.165) is 17.6 Å². The van der Waals surface area contributed by atoms with Crippen molar-refractivity contribution in [3.8, 4) is 11.5 Å². The number of sulfonamides is 1. The van der Waals surface area contributed by atoms with Crippen molar-refractivity contribution in [2.45, 2.75) is 25.5 Å². The number of anilines is 1. The number of fused-ring (bicyclic) bond motifs is 1. The van der Waals surface area contributed by atoms with Gasteiger partial charge in [0.05, 0.1) is 25.1 Å². The summed E-state index contributed by atoms with van der Waals surface area (Å²) in [4.78, 5) is 12.8. The third kappa shape index (κ3) is 4.94. The Morgan fingerprint density at radius 3 is 2.59 bits per heavy atom. The van der Waals surface area contributed by atoms with E-state index in [4.69, 9.17) is 21.1 Å². The molecule has 0 radical (unpaired) electrons. The van der Waals surface area contributed by atoms with Gasteiger partial charge in [0.25, 0.3) is 5.91 Å². The van der Waals surface area contributed by atoms with Crippen LogP contribution in [-0.2, 0) is 14.8 Å². The molecule has 0 unspecified atom stereocenters. The standard InChI is InChI=1S/C20H23ClN2O5S/c1-13(14-4-7-16(27-2)8-5-14)22-20(24)19-10-11-23(29(3,25)26)17-12-15(21)6-9-18(17)28-19/h4-9,12-13,19H,10-11H2,1-3H3,(H,22,24)/t13-,19-/m1/s1. The lowest BCUT2D eigenvalue weighted by Crippen LogP contribution is -2.40. The first-order valence-electron chi connectivity index (χ1n) is 9.07. The number of carbonyl (C=O) groups is 1. The van der Waals surface area contributed by atoms with Crippen molar-refractivity contribution >= 4 is 33.2 Å². The van der Waals surface area contributed by atoms with Gasteiger partial charge in [0, 0.05) is 18.0 Å². The van der Waals surface area contributed by atoms with Gasteiger partial charge in [-0.2, -0.15) is 0 Å². The molecule has 0 aromatic heterocycles. The first kappa shape index (κ1) is 21.3. The van der Waals surface area contributed by atoms with Crippen LogP contribution in [-0.4, -0.2) is 40.3 Å². The van der Waals surface area contributed by atoms with Crippen LogP contribution in [0.5, 0.6) is 11.5 Å². The molecule has 29 heavy (non-hydrogen) atoms. The van der Waals surface area contributed by atoms with E-state index in [1.165, 1.54) is 10.4 Å². The van der Waals surface area contributed by atoms with Gasteiger partial charge in [-0.15, -0.1) is 0 Å². The molecular formula is C20H23ClN2O5S. The Balaban J connectivity index is 1.79. The van der Waals surface area contributed by atoms with E-state index in [0.29, 0.717) is 16.5 Å². The first-order chi connectivity index (χ1) is 13.7. The summed E-state index contributed by atoms with van der Waals surface area (Å²) in [5, 5.41) is 3.31. The van der Waals surface area contributed by atoms with Crippen molar-refractivity contribution < 1.29 is 22.7 Å². The molecule has 3 rings (SSSR count). The van der Waals surface area contributed by atoms with Crippen molar-refractivity contribution in [3.63, 3.8) is 0 Å². The Hall–Kier alpha value is -2.45. The fourth-order valence-electron chi connectivity index (χ4n) is 3.16. The smallest absolute Gasteiger partial charge is 0.261 e. The third-order valence-electron chi connectivity index (χ3n) is 4.72. The Bertz CT molecular complexity index is 994. The van der Waals surface area contributed by atoms with Crippen LogP contribution in [0, 0.1) is 0 Å². The van der Waals surface area contributed by atoms with Gasteiger partial charge in [0.1, 0.15) is 11.5 Å². The minimum atomic E-state index is -3.55. The Morgan fingerprint density at radius 1 is 1.28 bits per heavy atom. The zero-order chi connectivity index (χ0) is 21.2. The number of halogens is 1. The monoisotopic (exact) mass is 438 g/mol. The van der Waals surface area contributed by atoms with E-state index >= 15 is 0 Å². The molecule has 0 aliphatic carbocycles. The number of nitrogens with zero attached hydrogens (tertiary/aromatic N) is 1. The third-order valence-corrected chi connectivity index (χ3v) is 6.14. The van der Waals surface area contributed by atoms with Crippen LogP contribution in [0.3, 0.4) is 0 Å². The molecule has 156 valence electrons. The number of nitrogens with one attached hydrogen (secondary N) is 1. The predicted molar refractivity (Wildman–Crippen MR) is 112 cm³/mol. The minimum Gasteiger partial charge on any atom is -0.497 e. The summed E-state index contributed by atoms with van der Waals surface area (Å²) in [5.41, 5.74) is 1.25. The largest absolute Gasteiger partial charge is 0.497 e. The van der Waals surface area contributed by atoms with Gasteiger partial charge >= 0.3 is 0 Å². The van der Waals surface area contributed by atoms with Crippen molar-refractivity contribution in [1.29, 1.82) is 0 Å². The molecule has 0 saturated carbocycles. The summed E-state index contributed by atoms with van der Waals surface area (Å²) in [7, 11) is -1.96. The maximum absolute atomic E-state index is 12.8. The molecular weight excluding hydrogens is 416 g/mol. The molecule has 1 amide bonds. The van der Waals surface area contributed by atoms with Gasteiger partial charge in [-0.3, -0.25) is 9.10 Å². The summed E-state index contributed by atoms with van der Waals surface area (Å²) in [6, 6.07) is 11.8. The van der Waals surface area contributed by atoms with Gasteiger partial charge in [0.2, 0.25) is 10.0 Å². The average molecular weight is 439 g/mol. The van der Waals surface area contributed by atoms with Gasteiger partial charge in [-0.1, -0.05) is 23.7 Å². The van der Waals surface area contributed by atoms with E-state index in [1.54, 1.807) is 19.2 Å². The number of methoxy groups -OCH3 is 1. The SMILES string of the molecule is COc1ccc([C@@H](C)NC(=O)[C@H]2CCN(S(C)(=O)=O)c3cc(Cl)ccc3O2)cc1. The molecule has 2 aromatic carbocycles. The van der Waals surface area contributed by atoms with E-state index in [2.05, 4.69) is 5.32 Å². The van der Waals surface area contributed by atoms with Crippen LogP contribution in [0.2, 0.25) is 5.02 Å². The lowest BCUT2D eigenvalue weighted by Gasteiger charge is -2.21. The average Bonchev–Trinajstić information content (AvgIpc) is 2.87. The fraction of sp³-hybridized carbons (Fsp3) is 0.350. The maximum Gasteiger partial charge on any atom is 0.261 e. The highest BCUT2D eigenvalue weighted by molar-refractivity contribution is 7.92. The van der Waals surface area contributed by atoms with Gasteiger partial charge in [0.15, 0.2) is 6.10 Å². The van der Waals surface area contributed by atoms with Gasteiger partial charge < -0.3 is 14.8 Å². The molecule has 1 heterocycles. The molecule has 7 nitrogen and oxygen atoms in total. The van der Waals surface area contributed by atoms with Crippen molar-refractivity contribution in [1.82, 2.24) is 5.32 Å². The number of carbonyl (C=O) groups excluding carboxylic acids is 1. The van der Waals surface area contributed by atoms with Crippen LogP contribution in [0.25, 0.3) is 0 Å². The molecule has 2 aromatic rings. The summed E-state index contributed by atoms with van der Waals surface area (Å²) in [6.45, 7) is 1.98. The number of amides is 1. The molecule has 0 spiro atoms. The highest BCUT2D eigenvalue weighted by Crippen LogP contribution is 2.36. The molecule has 9 heteroatoms. The Kier molecular flexibility index (Phi) is 6.24. The summed E-state index contributed by atoms with van der Waals surface area (Å²) in [5.74, 6) is 0.717. The van der Waals surface area contributed by atoms with Crippen molar-refractivity contribution in [3.05, 3.63) is 53.1 Å². The second kappa shape index (κ2) is 8.51. The van der Waals surface area contributed by atoms with Gasteiger partial charge in [-0.05, 0) is 42.8 Å². The van der Waals surface area contributed by atoms with E-state index in [1.807, 2.05) is 31.2 Å². The lowest BCUT2D eigenvalue weighted by molar-refractivity contribution is -0.128. The number of benzene rings is 2. The molecule has 1 aliphatic heterocycles. The topological polar surface area (TPSA) is 84.9 Å². The van der Waals surface area contributed by atoms with Crippen molar-refractivity contribution in [2.75, 3.05) is 24.2 Å². The molecule has 0 bridgehead atoms.